The lowest BCUT2D eigenvalue weighted by Crippen LogP contribution is -2.40. The number of nitrogens with zero attached hydrogens (tertiary/aromatic N) is 1. The number of ether oxygens (including phenoxy) is 1. The highest BCUT2D eigenvalue weighted by Crippen LogP contribution is 2.22. The number of hydrogen-bond acceptors (Lipinski definition) is 3. The minimum absolute atomic E-state index is 0. The van der Waals surface area contributed by atoms with Gasteiger partial charge in [0.1, 0.15) is 12.4 Å². The van der Waals surface area contributed by atoms with Crippen LogP contribution in [0.25, 0.3) is 0 Å². The van der Waals surface area contributed by atoms with E-state index < -0.39 is 0 Å². The number of aryl methyl sites for hydroxylation is 1. The van der Waals surface area contributed by atoms with Gasteiger partial charge in [0.15, 0.2) is 0 Å². The topological polar surface area (TPSA) is 41.6 Å². The van der Waals surface area contributed by atoms with E-state index in [4.69, 9.17) is 4.74 Å². The fraction of sp³-hybridized carbons (Fsp3) is 0.381. The Morgan fingerprint density at radius 2 is 2.04 bits per heavy atom. The van der Waals surface area contributed by atoms with Crippen molar-refractivity contribution in [1.29, 1.82) is 0 Å². The first-order chi connectivity index (χ1) is 12.2. The molecule has 5 heteroatoms. The number of halogens is 1. The van der Waals surface area contributed by atoms with Crippen molar-refractivity contribution >= 4 is 18.3 Å². The number of hydrogen-bond donors (Lipinski definition) is 1. The maximum absolute atomic E-state index is 12.8. The molecule has 2 aromatic carbocycles. The summed E-state index contributed by atoms with van der Waals surface area (Å²) < 4.78 is 5.89. The van der Waals surface area contributed by atoms with Gasteiger partial charge >= 0.3 is 0 Å². The molecule has 1 fully saturated rings. The highest BCUT2D eigenvalue weighted by molar-refractivity contribution is 5.95. The Balaban J connectivity index is 0.00000243. The molecule has 1 unspecified atom stereocenters. The summed E-state index contributed by atoms with van der Waals surface area (Å²) in [5.74, 6) is 0.829. The highest BCUT2D eigenvalue weighted by Gasteiger charge is 2.28. The molecule has 3 rings (SSSR count). The van der Waals surface area contributed by atoms with Crippen LogP contribution in [-0.2, 0) is 6.61 Å². The van der Waals surface area contributed by atoms with Gasteiger partial charge in [0.25, 0.3) is 5.91 Å². The zero-order chi connectivity index (χ0) is 17.6. The van der Waals surface area contributed by atoms with Crippen molar-refractivity contribution in [3.63, 3.8) is 0 Å². The summed E-state index contributed by atoms with van der Waals surface area (Å²) in [4.78, 5) is 14.8. The highest BCUT2D eigenvalue weighted by atomic mass is 35.5. The van der Waals surface area contributed by atoms with Gasteiger partial charge in [-0.25, -0.2) is 0 Å². The van der Waals surface area contributed by atoms with Crippen molar-refractivity contribution in [2.75, 3.05) is 20.1 Å². The molecule has 1 aliphatic rings. The molecule has 140 valence electrons. The summed E-state index contributed by atoms with van der Waals surface area (Å²) in [5, 5.41) is 3.18. The van der Waals surface area contributed by atoms with Crippen LogP contribution in [-0.4, -0.2) is 37.0 Å². The zero-order valence-electron chi connectivity index (χ0n) is 15.4. The molecule has 1 atom stereocenters. The number of amides is 1. The van der Waals surface area contributed by atoms with Crippen molar-refractivity contribution in [2.24, 2.45) is 0 Å². The van der Waals surface area contributed by atoms with Crippen molar-refractivity contribution in [3.8, 4) is 5.75 Å². The summed E-state index contributed by atoms with van der Waals surface area (Å²) >= 11 is 0. The maximum Gasteiger partial charge on any atom is 0.254 e. The molecule has 1 aliphatic heterocycles. The Kier molecular flexibility index (Phi) is 7.49. The van der Waals surface area contributed by atoms with Crippen LogP contribution in [0.5, 0.6) is 5.75 Å². The Bertz CT molecular complexity index is 735. The molecule has 4 nitrogen and oxygen atoms in total. The van der Waals surface area contributed by atoms with E-state index in [2.05, 4.69) is 30.4 Å². The third-order valence-electron chi connectivity index (χ3n) is 4.65. The number of likely N-dealkylation sites (N-methyl/N-ethyl adjacent to an activating group) is 1. The van der Waals surface area contributed by atoms with Crippen LogP contribution < -0.4 is 10.1 Å². The van der Waals surface area contributed by atoms with E-state index in [1.54, 1.807) is 0 Å². The molecular formula is C21H27ClN2O2. The van der Waals surface area contributed by atoms with Crippen LogP contribution in [0.3, 0.4) is 0 Å². The molecule has 26 heavy (non-hydrogen) atoms. The molecule has 1 heterocycles. The second-order valence-corrected chi connectivity index (χ2v) is 6.66. The predicted molar refractivity (Wildman–Crippen MR) is 107 cm³/mol. The monoisotopic (exact) mass is 374 g/mol. The summed E-state index contributed by atoms with van der Waals surface area (Å²) in [6, 6.07) is 16.1. The second kappa shape index (κ2) is 9.60. The molecule has 0 spiro atoms. The van der Waals surface area contributed by atoms with Crippen LogP contribution in [0.4, 0.5) is 0 Å². The van der Waals surface area contributed by atoms with Gasteiger partial charge in [-0.05, 0) is 50.6 Å². The Morgan fingerprint density at radius 1 is 1.23 bits per heavy atom. The van der Waals surface area contributed by atoms with Crippen molar-refractivity contribution in [2.45, 2.75) is 32.4 Å². The molecule has 1 N–H and O–H groups in total. The minimum atomic E-state index is 0. The second-order valence-electron chi connectivity index (χ2n) is 6.66. The number of rotatable bonds is 6. The lowest BCUT2D eigenvalue weighted by atomic mass is 10.1. The quantitative estimate of drug-likeness (QED) is 0.835. The molecule has 0 radical (unpaired) electrons. The standard InChI is InChI=1S/C21H26N2O2.ClH/c1-16-6-3-7-17(12-16)15-25-20-10-4-8-18(13-20)21(24)23-11-5-9-19(23)14-22-2;/h3-4,6-8,10,12-13,19,22H,5,9,11,14-15H2,1-2H3;1H. The van der Waals surface area contributed by atoms with Crippen LogP contribution in [0.1, 0.15) is 34.3 Å². The SMILES string of the molecule is CNCC1CCCN1C(=O)c1cccc(OCc2cccc(C)c2)c1.Cl. The van der Waals surface area contributed by atoms with Gasteiger partial charge < -0.3 is 15.0 Å². The third-order valence-corrected chi connectivity index (χ3v) is 4.65. The molecule has 0 aliphatic carbocycles. The van der Waals surface area contributed by atoms with Crippen molar-refractivity contribution < 1.29 is 9.53 Å². The molecule has 2 aromatic rings. The fourth-order valence-corrected chi connectivity index (χ4v) is 3.40. The lowest BCUT2D eigenvalue weighted by Gasteiger charge is -2.24. The number of carbonyl (C=O) groups excluding carboxylic acids is 1. The first-order valence-electron chi connectivity index (χ1n) is 8.91. The molecule has 0 aromatic heterocycles. The van der Waals surface area contributed by atoms with Gasteiger partial charge in [-0.3, -0.25) is 4.79 Å². The normalized spacial score (nSPS) is 16.2. The van der Waals surface area contributed by atoms with E-state index in [-0.39, 0.29) is 24.4 Å². The average Bonchev–Trinajstić information content (AvgIpc) is 3.08. The summed E-state index contributed by atoms with van der Waals surface area (Å²) in [5.41, 5.74) is 3.05. The van der Waals surface area contributed by atoms with Gasteiger partial charge in [0.05, 0.1) is 0 Å². The van der Waals surface area contributed by atoms with Crippen molar-refractivity contribution in [3.05, 3.63) is 65.2 Å². The smallest absolute Gasteiger partial charge is 0.254 e. The van der Waals surface area contributed by atoms with Crippen LogP contribution in [0.2, 0.25) is 0 Å². The Hall–Kier alpha value is -2.04. The van der Waals surface area contributed by atoms with Gasteiger partial charge in [-0.1, -0.05) is 35.9 Å². The summed E-state index contributed by atoms with van der Waals surface area (Å²) in [6.07, 6.45) is 2.14. The third kappa shape index (κ3) is 4.99. The van der Waals surface area contributed by atoms with Crippen LogP contribution >= 0.6 is 12.4 Å². The van der Waals surface area contributed by atoms with E-state index >= 15 is 0 Å². The van der Waals surface area contributed by atoms with E-state index in [0.717, 1.165) is 37.2 Å². The van der Waals surface area contributed by atoms with E-state index in [9.17, 15) is 4.79 Å². The fourth-order valence-electron chi connectivity index (χ4n) is 3.40. The largest absolute Gasteiger partial charge is 0.489 e. The summed E-state index contributed by atoms with van der Waals surface area (Å²) in [6.45, 7) is 4.25. The van der Waals surface area contributed by atoms with E-state index in [1.165, 1.54) is 5.56 Å². The van der Waals surface area contributed by atoms with Crippen LogP contribution in [0, 0.1) is 6.92 Å². The summed E-state index contributed by atoms with van der Waals surface area (Å²) in [7, 11) is 1.93. The number of nitrogens with one attached hydrogen (secondary N) is 1. The maximum atomic E-state index is 12.8. The average molecular weight is 375 g/mol. The minimum Gasteiger partial charge on any atom is -0.489 e. The molecule has 0 saturated carbocycles. The first-order valence-corrected chi connectivity index (χ1v) is 8.91. The lowest BCUT2D eigenvalue weighted by molar-refractivity contribution is 0.0736. The van der Waals surface area contributed by atoms with E-state index in [1.807, 2.05) is 42.3 Å². The van der Waals surface area contributed by atoms with Crippen molar-refractivity contribution in [1.82, 2.24) is 10.2 Å². The number of likely N-dealkylation sites (tertiary alicyclic amines) is 1. The molecular weight excluding hydrogens is 348 g/mol. The zero-order valence-corrected chi connectivity index (χ0v) is 16.2. The Morgan fingerprint density at radius 3 is 2.81 bits per heavy atom. The molecule has 1 saturated heterocycles. The Labute approximate surface area is 162 Å². The number of carbonyl (C=O) groups is 1. The van der Waals surface area contributed by atoms with Crippen LogP contribution in [0.15, 0.2) is 48.5 Å². The molecule has 0 bridgehead atoms. The molecule has 1 amide bonds. The number of benzene rings is 2. The predicted octanol–water partition coefficient (Wildman–Crippen LogP) is 3.82. The first kappa shape index (κ1) is 20.3. The van der Waals surface area contributed by atoms with E-state index in [0.29, 0.717) is 12.2 Å². The van der Waals surface area contributed by atoms with Gasteiger partial charge in [-0.2, -0.15) is 0 Å². The van der Waals surface area contributed by atoms with Gasteiger partial charge in [-0.15, -0.1) is 12.4 Å². The van der Waals surface area contributed by atoms with Gasteiger partial charge in [0, 0.05) is 24.7 Å². The van der Waals surface area contributed by atoms with Gasteiger partial charge in [0.2, 0.25) is 0 Å².